The first-order valence-electron chi connectivity index (χ1n) is 8.96. The molecule has 5 nitrogen and oxygen atoms in total. The van der Waals surface area contributed by atoms with Gasteiger partial charge in [0.2, 0.25) is 10.0 Å². The van der Waals surface area contributed by atoms with Crippen molar-refractivity contribution in [2.75, 3.05) is 39.4 Å². The number of rotatable bonds is 7. The summed E-state index contributed by atoms with van der Waals surface area (Å²) in [5.74, 6) is 0. The van der Waals surface area contributed by atoms with Crippen LogP contribution in [0.1, 0.15) is 11.1 Å². The van der Waals surface area contributed by atoms with E-state index in [1.54, 1.807) is 28.6 Å². The molecule has 0 aliphatic carbocycles. The van der Waals surface area contributed by atoms with Crippen LogP contribution in [0.15, 0.2) is 59.5 Å². The van der Waals surface area contributed by atoms with Crippen molar-refractivity contribution in [3.05, 3.63) is 65.7 Å². The van der Waals surface area contributed by atoms with E-state index >= 15 is 0 Å². The second-order valence-electron chi connectivity index (χ2n) is 6.59. The summed E-state index contributed by atoms with van der Waals surface area (Å²) in [6, 6.07) is 16.7. The zero-order valence-electron chi connectivity index (χ0n) is 15.2. The molecule has 1 aliphatic heterocycles. The molecule has 6 heteroatoms. The number of hydrogen-bond acceptors (Lipinski definition) is 4. The highest BCUT2D eigenvalue weighted by atomic mass is 32.2. The lowest BCUT2D eigenvalue weighted by molar-refractivity contribution is 0.0361. The molecular weight excluding hydrogens is 348 g/mol. The average molecular weight is 375 g/mol. The molecular formula is C20H26N2O3S. The maximum absolute atomic E-state index is 13.2. The first-order valence-corrected chi connectivity index (χ1v) is 10.4. The summed E-state index contributed by atoms with van der Waals surface area (Å²) >= 11 is 0. The summed E-state index contributed by atoms with van der Waals surface area (Å²) in [5, 5.41) is 0. The molecule has 0 bridgehead atoms. The molecule has 0 radical (unpaired) electrons. The molecule has 140 valence electrons. The van der Waals surface area contributed by atoms with Crippen LogP contribution in [-0.2, 0) is 21.3 Å². The van der Waals surface area contributed by atoms with E-state index in [0.29, 0.717) is 37.7 Å². The third-order valence-electron chi connectivity index (χ3n) is 4.59. The molecule has 3 rings (SSSR count). The van der Waals surface area contributed by atoms with E-state index in [0.717, 1.165) is 24.2 Å². The quantitative estimate of drug-likeness (QED) is 0.747. The van der Waals surface area contributed by atoms with Crippen molar-refractivity contribution < 1.29 is 13.2 Å². The third kappa shape index (κ3) is 4.92. The molecule has 0 N–H and O–H groups in total. The highest BCUT2D eigenvalue weighted by molar-refractivity contribution is 7.89. The van der Waals surface area contributed by atoms with E-state index in [4.69, 9.17) is 4.74 Å². The molecule has 2 aromatic rings. The minimum absolute atomic E-state index is 0.342. The van der Waals surface area contributed by atoms with Crippen LogP contribution in [0.2, 0.25) is 0 Å². The molecule has 0 saturated carbocycles. The minimum atomic E-state index is -3.54. The van der Waals surface area contributed by atoms with Crippen LogP contribution in [0, 0.1) is 6.92 Å². The second-order valence-corrected chi connectivity index (χ2v) is 8.53. The molecule has 0 spiro atoms. The zero-order valence-corrected chi connectivity index (χ0v) is 16.0. The molecule has 2 aromatic carbocycles. The van der Waals surface area contributed by atoms with E-state index in [2.05, 4.69) is 4.90 Å². The summed E-state index contributed by atoms with van der Waals surface area (Å²) < 4.78 is 33.3. The number of aryl methyl sites for hydroxylation is 1. The second kappa shape index (κ2) is 8.77. The smallest absolute Gasteiger partial charge is 0.243 e. The highest BCUT2D eigenvalue weighted by Crippen LogP contribution is 2.19. The Morgan fingerprint density at radius 1 is 1.04 bits per heavy atom. The number of nitrogens with zero attached hydrogens (tertiary/aromatic N) is 2. The Bertz CT molecular complexity index is 803. The van der Waals surface area contributed by atoms with Crippen LogP contribution in [0.25, 0.3) is 0 Å². The van der Waals surface area contributed by atoms with Gasteiger partial charge in [-0.05, 0) is 24.6 Å². The van der Waals surface area contributed by atoms with Crippen LogP contribution in [0.4, 0.5) is 0 Å². The van der Waals surface area contributed by atoms with Gasteiger partial charge in [0, 0.05) is 32.7 Å². The van der Waals surface area contributed by atoms with Crippen molar-refractivity contribution in [2.45, 2.75) is 18.4 Å². The lowest BCUT2D eigenvalue weighted by Crippen LogP contribution is -2.42. The fourth-order valence-corrected chi connectivity index (χ4v) is 4.56. The van der Waals surface area contributed by atoms with E-state index < -0.39 is 10.0 Å². The summed E-state index contributed by atoms with van der Waals surface area (Å²) in [6.07, 6.45) is 0. The predicted octanol–water partition coefficient (Wildman–Crippen LogP) is 2.52. The number of hydrogen-bond donors (Lipinski definition) is 0. The van der Waals surface area contributed by atoms with Gasteiger partial charge in [0.15, 0.2) is 0 Å². The third-order valence-corrected chi connectivity index (χ3v) is 6.45. The van der Waals surface area contributed by atoms with E-state index in [1.165, 1.54) is 0 Å². The van der Waals surface area contributed by atoms with Crippen molar-refractivity contribution in [1.29, 1.82) is 0 Å². The Hall–Kier alpha value is -1.73. The minimum Gasteiger partial charge on any atom is -0.379 e. The fourth-order valence-electron chi connectivity index (χ4n) is 3.12. The number of sulfonamides is 1. The summed E-state index contributed by atoms with van der Waals surface area (Å²) in [4.78, 5) is 2.60. The summed E-state index contributed by atoms with van der Waals surface area (Å²) in [6.45, 7) is 6.70. The number of ether oxygens (including phenoxy) is 1. The molecule has 0 amide bonds. The van der Waals surface area contributed by atoms with Gasteiger partial charge >= 0.3 is 0 Å². The first-order chi connectivity index (χ1) is 12.6. The van der Waals surface area contributed by atoms with Gasteiger partial charge in [-0.2, -0.15) is 4.31 Å². The standard InChI is InChI=1S/C20H26N2O3S/c1-18-6-5-7-19(16-18)17-22(11-10-21-12-14-25-15-13-21)26(23,24)20-8-3-2-4-9-20/h2-9,16H,10-15,17H2,1H3. The lowest BCUT2D eigenvalue weighted by atomic mass is 10.1. The van der Waals surface area contributed by atoms with E-state index in [9.17, 15) is 8.42 Å². The number of benzene rings is 2. The normalized spacial score (nSPS) is 16.1. The molecule has 1 aliphatic rings. The van der Waals surface area contributed by atoms with E-state index in [1.807, 2.05) is 37.3 Å². The van der Waals surface area contributed by atoms with Crippen LogP contribution >= 0.6 is 0 Å². The monoisotopic (exact) mass is 374 g/mol. The van der Waals surface area contributed by atoms with Gasteiger partial charge in [0.1, 0.15) is 0 Å². The molecule has 0 atom stereocenters. The maximum Gasteiger partial charge on any atom is 0.243 e. The van der Waals surface area contributed by atoms with Crippen molar-refractivity contribution in [3.63, 3.8) is 0 Å². The van der Waals surface area contributed by atoms with Crippen molar-refractivity contribution in [1.82, 2.24) is 9.21 Å². The number of morpholine rings is 1. The van der Waals surface area contributed by atoms with Crippen molar-refractivity contribution in [2.24, 2.45) is 0 Å². The molecule has 26 heavy (non-hydrogen) atoms. The van der Waals surface area contributed by atoms with Crippen LogP contribution in [0.3, 0.4) is 0 Å². The zero-order chi connectivity index (χ0) is 18.4. The first kappa shape index (κ1) is 19.0. The Labute approximate surface area is 156 Å². The fraction of sp³-hybridized carbons (Fsp3) is 0.400. The van der Waals surface area contributed by atoms with Gasteiger partial charge in [-0.15, -0.1) is 0 Å². The Kier molecular flexibility index (Phi) is 6.43. The van der Waals surface area contributed by atoms with Crippen LogP contribution in [0.5, 0.6) is 0 Å². The Balaban J connectivity index is 1.80. The topological polar surface area (TPSA) is 49.9 Å². The van der Waals surface area contributed by atoms with Gasteiger partial charge in [-0.1, -0.05) is 48.0 Å². The van der Waals surface area contributed by atoms with Gasteiger partial charge in [0.05, 0.1) is 18.1 Å². The molecule has 1 heterocycles. The van der Waals surface area contributed by atoms with Crippen molar-refractivity contribution >= 4 is 10.0 Å². The molecule has 1 fully saturated rings. The van der Waals surface area contributed by atoms with Gasteiger partial charge in [-0.3, -0.25) is 4.90 Å². The molecule has 0 unspecified atom stereocenters. The van der Waals surface area contributed by atoms with Crippen LogP contribution in [-0.4, -0.2) is 57.0 Å². The Morgan fingerprint density at radius 2 is 1.77 bits per heavy atom. The predicted molar refractivity (Wildman–Crippen MR) is 102 cm³/mol. The molecule has 0 aromatic heterocycles. The van der Waals surface area contributed by atoms with Crippen molar-refractivity contribution in [3.8, 4) is 0 Å². The summed E-state index contributed by atoms with van der Waals surface area (Å²) in [5.41, 5.74) is 2.14. The SMILES string of the molecule is Cc1cccc(CN(CCN2CCOCC2)S(=O)(=O)c2ccccc2)c1. The summed E-state index contributed by atoms with van der Waals surface area (Å²) in [7, 11) is -3.54. The van der Waals surface area contributed by atoms with E-state index in [-0.39, 0.29) is 0 Å². The average Bonchev–Trinajstić information content (AvgIpc) is 2.66. The lowest BCUT2D eigenvalue weighted by Gasteiger charge is -2.29. The Morgan fingerprint density at radius 3 is 2.46 bits per heavy atom. The van der Waals surface area contributed by atoms with Gasteiger partial charge in [0.25, 0.3) is 0 Å². The van der Waals surface area contributed by atoms with Crippen LogP contribution < -0.4 is 0 Å². The molecule has 1 saturated heterocycles. The largest absolute Gasteiger partial charge is 0.379 e. The highest BCUT2D eigenvalue weighted by Gasteiger charge is 2.25. The van der Waals surface area contributed by atoms with Gasteiger partial charge in [-0.25, -0.2) is 8.42 Å². The van der Waals surface area contributed by atoms with Gasteiger partial charge < -0.3 is 4.74 Å². The maximum atomic E-state index is 13.2.